The Hall–Kier alpha value is -2.47. The van der Waals surface area contributed by atoms with Crippen molar-refractivity contribution in [3.05, 3.63) is 51.9 Å². The van der Waals surface area contributed by atoms with Gasteiger partial charge in [0, 0.05) is 24.0 Å². The Bertz CT molecular complexity index is 1050. The smallest absolute Gasteiger partial charge is 0.263 e. The van der Waals surface area contributed by atoms with Crippen molar-refractivity contribution in [2.24, 2.45) is 0 Å². The van der Waals surface area contributed by atoms with E-state index in [1.807, 2.05) is 48.5 Å². The van der Waals surface area contributed by atoms with Crippen molar-refractivity contribution in [1.82, 2.24) is 14.5 Å². The molecule has 0 unspecified atom stereocenters. The molecule has 1 aliphatic carbocycles. The second-order valence-electron chi connectivity index (χ2n) is 7.67. The van der Waals surface area contributed by atoms with Crippen LogP contribution in [0.4, 0.5) is 0 Å². The molecular formula is C22H25N3O2S. The second kappa shape index (κ2) is 7.87. The molecule has 1 amide bonds. The molecule has 0 bridgehead atoms. The van der Waals surface area contributed by atoms with Gasteiger partial charge in [-0.3, -0.25) is 14.2 Å². The summed E-state index contributed by atoms with van der Waals surface area (Å²) in [4.78, 5) is 32.9. The number of rotatable bonds is 4. The van der Waals surface area contributed by atoms with Crippen LogP contribution in [-0.2, 0) is 11.3 Å². The van der Waals surface area contributed by atoms with Crippen LogP contribution in [0.15, 0.2) is 40.8 Å². The van der Waals surface area contributed by atoms with Gasteiger partial charge in [-0.2, -0.15) is 0 Å². The molecule has 6 heteroatoms. The lowest BCUT2D eigenvalue weighted by atomic mass is 9.94. The van der Waals surface area contributed by atoms with Crippen LogP contribution in [0.2, 0.25) is 0 Å². The average Bonchev–Trinajstić information content (AvgIpc) is 3.15. The van der Waals surface area contributed by atoms with E-state index in [1.54, 1.807) is 0 Å². The zero-order chi connectivity index (χ0) is 19.7. The van der Waals surface area contributed by atoms with E-state index in [9.17, 15) is 9.59 Å². The lowest BCUT2D eigenvalue weighted by molar-refractivity contribution is -0.133. The Morgan fingerprint density at radius 3 is 2.64 bits per heavy atom. The largest absolute Gasteiger partial charge is 0.341 e. The molecule has 3 aromatic rings. The highest BCUT2D eigenvalue weighted by Crippen LogP contribution is 2.30. The second-order valence-corrected chi connectivity index (χ2v) is 8.53. The molecule has 1 aliphatic rings. The maximum Gasteiger partial charge on any atom is 0.263 e. The minimum atomic E-state index is -0.146. The number of aryl methyl sites for hydroxylation is 1. The molecule has 0 N–H and O–H groups in total. The van der Waals surface area contributed by atoms with Gasteiger partial charge in [-0.1, -0.05) is 49.1 Å². The summed E-state index contributed by atoms with van der Waals surface area (Å²) in [6, 6.07) is 8.41. The number of aromatic nitrogens is 2. The van der Waals surface area contributed by atoms with E-state index in [1.165, 1.54) is 47.1 Å². The number of hydrogen-bond donors (Lipinski definition) is 0. The Morgan fingerprint density at radius 2 is 1.93 bits per heavy atom. The molecule has 1 fully saturated rings. The number of likely N-dealkylation sites (N-methyl/N-ethyl adjacent to an activating group) is 1. The molecule has 5 nitrogen and oxygen atoms in total. The van der Waals surface area contributed by atoms with Gasteiger partial charge in [-0.15, -0.1) is 11.3 Å². The van der Waals surface area contributed by atoms with E-state index in [2.05, 4.69) is 4.98 Å². The number of carbonyl (C=O) groups is 1. The summed E-state index contributed by atoms with van der Waals surface area (Å²) in [5.41, 5.74) is 2.92. The van der Waals surface area contributed by atoms with Gasteiger partial charge >= 0.3 is 0 Å². The third-order valence-corrected chi connectivity index (χ3v) is 6.63. The highest BCUT2D eigenvalue weighted by Gasteiger charge is 2.23. The van der Waals surface area contributed by atoms with Crippen LogP contribution in [0, 0.1) is 6.92 Å². The Balaban J connectivity index is 1.64. The van der Waals surface area contributed by atoms with E-state index < -0.39 is 0 Å². The molecule has 0 spiro atoms. The van der Waals surface area contributed by atoms with Gasteiger partial charge in [0.25, 0.3) is 5.56 Å². The molecule has 2 heterocycles. The first-order valence-corrected chi connectivity index (χ1v) is 10.7. The summed E-state index contributed by atoms with van der Waals surface area (Å²) in [6.45, 7) is 2.08. The van der Waals surface area contributed by atoms with Crippen molar-refractivity contribution >= 4 is 27.5 Å². The summed E-state index contributed by atoms with van der Waals surface area (Å²) >= 11 is 1.46. The topological polar surface area (TPSA) is 55.2 Å². The quantitative estimate of drug-likeness (QED) is 0.664. The lowest BCUT2D eigenvalue weighted by Crippen LogP contribution is -2.41. The standard InChI is InChI=1S/C22H25N3O2S/c1-15-8-10-16(11-9-15)18-13-28-21-20(18)22(27)25(14-23-21)12-19(26)24(2)17-6-4-3-5-7-17/h8-11,13-14,17H,3-7,12H2,1-2H3. The fourth-order valence-electron chi connectivity index (χ4n) is 3.95. The van der Waals surface area contributed by atoms with Crippen molar-refractivity contribution in [1.29, 1.82) is 0 Å². The van der Waals surface area contributed by atoms with Crippen LogP contribution >= 0.6 is 11.3 Å². The number of carbonyl (C=O) groups excluding carboxylic acids is 1. The number of nitrogens with zero attached hydrogens (tertiary/aromatic N) is 3. The van der Waals surface area contributed by atoms with Gasteiger partial charge < -0.3 is 4.90 Å². The molecule has 0 atom stereocenters. The predicted octanol–water partition coefficient (Wildman–Crippen LogP) is 4.22. The Labute approximate surface area is 168 Å². The molecule has 4 rings (SSSR count). The Kier molecular flexibility index (Phi) is 5.31. The first-order chi connectivity index (χ1) is 13.5. The molecule has 0 saturated heterocycles. The van der Waals surface area contributed by atoms with Gasteiger partial charge in [0.05, 0.1) is 11.7 Å². The summed E-state index contributed by atoms with van der Waals surface area (Å²) in [6.07, 6.45) is 7.20. The number of thiophene rings is 1. The molecule has 146 valence electrons. The number of benzene rings is 1. The third-order valence-electron chi connectivity index (χ3n) is 5.74. The first-order valence-electron chi connectivity index (χ1n) is 9.84. The third kappa shape index (κ3) is 3.61. The van der Waals surface area contributed by atoms with Crippen molar-refractivity contribution < 1.29 is 4.79 Å². The normalized spacial score (nSPS) is 15.1. The van der Waals surface area contributed by atoms with Crippen molar-refractivity contribution in [2.45, 2.75) is 51.6 Å². The van der Waals surface area contributed by atoms with Crippen molar-refractivity contribution in [2.75, 3.05) is 7.05 Å². The van der Waals surface area contributed by atoms with Gasteiger partial charge in [-0.05, 0) is 25.3 Å². The number of amides is 1. The van der Waals surface area contributed by atoms with Crippen LogP contribution in [0.3, 0.4) is 0 Å². The van der Waals surface area contributed by atoms with Gasteiger partial charge in [0.2, 0.25) is 5.91 Å². The number of hydrogen-bond acceptors (Lipinski definition) is 4. The van der Waals surface area contributed by atoms with E-state index in [-0.39, 0.29) is 24.1 Å². The van der Waals surface area contributed by atoms with Gasteiger partial charge in [-0.25, -0.2) is 4.98 Å². The van der Waals surface area contributed by atoms with E-state index in [0.29, 0.717) is 10.2 Å². The fourth-order valence-corrected chi connectivity index (χ4v) is 4.86. The predicted molar refractivity (Wildman–Crippen MR) is 114 cm³/mol. The molecule has 1 saturated carbocycles. The fraction of sp³-hybridized carbons (Fsp3) is 0.409. The lowest BCUT2D eigenvalue weighted by Gasteiger charge is -2.31. The zero-order valence-corrected chi connectivity index (χ0v) is 17.2. The summed E-state index contributed by atoms with van der Waals surface area (Å²) < 4.78 is 1.45. The molecule has 1 aromatic carbocycles. The van der Waals surface area contributed by atoms with Gasteiger partial charge in [0.15, 0.2) is 0 Å². The SMILES string of the molecule is Cc1ccc(-c2csc3ncn(CC(=O)N(C)C4CCCCC4)c(=O)c23)cc1. The minimum absolute atomic E-state index is 0.0257. The van der Waals surface area contributed by atoms with Crippen molar-refractivity contribution in [3.63, 3.8) is 0 Å². The monoisotopic (exact) mass is 395 g/mol. The van der Waals surface area contributed by atoms with Crippen LogP contribution in [0.1, 0.15) is 37.7 Å². The average molecular weight is 396 g/mol. The van der Waals surface area contributed by atoms with E-state index in [0.717, 1.165) is 24.0 Å². The first kappa shape index (κ1) is 18.9. The van der Waals surface area contributed by atoms with Crippen LogP contribution < -0.4 is 5.56 Å². The Morgan fingerprint density at radius 1 is 1.21 bits per heavy atom. The van der Waals surface area contributed by atoms with Crippen LogP contribution in [0.5, 0.6) is 0 Å². The van der Waals surface area contributed by atoms with Gasteiger partial charge in [0.1, 0.15) is 11.4 Å². The van der Waals surface area contributed by atoms with E-state index in [4.69, 9.17) is 0 Å². The maximum absolute atomic E-state index is 13.1. The molecule has 0 aliphatic heterocycles. The molecule has 28 heavy (non-hydrogen) atoms. The maximum atomic E-state index is 13.1. The van der Waals surface area contributed by atoms with E-state index >= 15 is 0 Å². The molecule has 0 radical (unpaired) electrons. The highest BCUT2D eigenvalue weighted by molar-refractivity contribution is 7.17. The van der Waals surface area contributed by atoms with Crippen molar-refractivity contribution in [3.8, 4) is 11.1 Å². The van der Waals surface area contributed by atoms with Crippen LogP contribution in [0.25, 0.3) is 21.3 Å². The summed E-state index contributed by atoms with van der Waals surface area (Å²) in [5, 5.41) is 2.58. The minimum Gasteiger partial charge on any atom is -0.341 e. The zero-order valence-electron chi connectivity index (χ0n) is 16.4. The highest BCUT2D eigenvalue weighted by atomic mass is 32.1. The summed E-state index contributed by atoms with van der Waals surface area (Å²) in [7, 11) is 1.86. The molecule has 2 aromatic heterocycles. The molecular weight excluding hydrogens is 370 g/mol. The van der Waals surface area contributed by atoms with Crippen LogP contribution in [-0.4, -0.2) is 33.4 Å². The summed E-state index contributed by atoms with van der Waals surface area (Å²) in [5.74, 6) is -0.0257. The number of fused-ring (bicyclic) bond motifs is 1.